The lowest BCUT2D eigenvalue weighted by Crippen LogP contribution is -2.33. The van der Waals surface area contributed by atoms with Crippen molar-refractivity contribution in [2.75, 3.05) is 6.73 Å². The van der Waals surface area contributed by atoms with Gasteiger partial charge in [0.25, 0.3) is 0 Å². The maximum absolute atomic E-state index is 9.79. The van der Waals surface area contributed by atoms with E-state index in [1.54, 1.807) is 0 Å². The van der Waals surface area contributed by atoms with Gasteiger partial charge < -0.3 is 4.74 Å². The molecule has 0 bridgehead atoms. The molecule has 1 aromatic carbocycles. The van der Waals surface area contributed by atoms with Gasteiger partial charge in [-0.2, -0.15) is 5.43 Å². The van der Waals surface area contributed by atoms with Gasteiger partial charge in [0.15, 0.2) is 6.73 Å². The first kappa shape index (κ1) is 8.55. The summed E-state index contributed by atoms with van der Waals surface area (Å²) in [4.78, 5) is 9.79. The summed E-state index contributed by atoms with van der Waals surface area (Å²) in [5.41, 5.74) is 4.81. The molecule has 4 nitrogen and oxygen atoms in total. The van der Waals surface area contributed by atoms with Crippen LogP contribution in [-0.4, -0.2) is 13.1 Å². The molecule has 1 amide bonds. The fourth-order valence-electron chi connectivity index (χ4n) is 0.719. The number of hydrazine groups is 1. The van der Waals surface area contributed by atoms with E-state index >= 15 is 0 Å². The van der Waals surface area contributed by atoms with E-state index in [4.69, 9.17) is 4.74 Å². The second-order valence-corrected chi connectivity index (χ2v) is 2.04. The Hall–Kier alpha value is -1.55. The summed E-state index contributed by atoms with van der Waals surface area (Å²) in [6.45, 7) is 0.253. The van der Waals surface area contributed by atoms with E-state index in [0.717, 1.165) is 5.75 Å². The minimum absolute atomic E-state index is 0.253. The molecule has 0 heterocycles. The number of hydrogen-bond acceptors (Lipinski definition) is 3. The van der Waals surface area contributed by atoms with Crippen molar-refractivity contribution in [3.8, 4) is 5.75 Å². The van der Waals surface area contributed by atoms with Crippen molar-refractivity contribution < 1.29 is 9.53 Å². The van der Waals surface area contributed by atoms with Crippen LogP contribution in [0.4, 0.5) is 0 Å². The molecule has 0 aliphatic rings. The number of nitrogens with one attached hydrogen (secondary N) is 2. The predicted octanol–water partition coefficient (Wildman–Crippen LogP) is 0.273. The van der Waals surface area contributed by atoms with Crippen LogP contribution in [-0.2, 0) is 4.79 Å². The number of carbonyl (C=O) groups is 1. The van der Waals surface area contributed by atoms with E-state index in [-0.39, 0.29) is 6.73 Å². The Bertz CT molecular complexity index is 226. The molecular weight excluding hydrogens is 156 g/mol. The molecule has 12 heavy (non-hydrogen) atoms. The molecule has 0 aliphatic heterocycles. The van der Waals surface area contributed by atoms with Crippen molar-refractivity contribution in [1.29, 1.82) is 0 Å². The van der Waals surface area contributed by atoms with Gasteiger partial charge in [-0.05, 0) is 12.1 Å². The Kier molecular flexibility index (Phi) is 3.67. The second-order valence-electron chi connectivity index (χ2n) is 2.04. The summed E-state index contributed by atoms with van der Waals surface area (Å²) in [6, 6.07) is 9.33. The standard InChI is InChI=1S/C8H10N2O2/c11-6-9-10-7-12-8-4-2-1-3-5-8/h1-6,10H,7H2,(H,9,11). The number of carbonyl (C=O) groups excluding carboxylic acids is 1. The lowest BCUT2D eigenvalue weighted by Gasteiger charge is -2.05. The highest BCUT2D eigenvalue weighted by atomic mass is 16.5. The van der Waals surface area contributed by atoms with Crippen LogP contribution < -0.4 is 15.6 Å². The molecule has 0 fully saturated rings. The lowest BCUT2D eigenvalue weighted by molar-refractivity contribution is -0.110. The molecule has 2 N–H and O–H groups in total. The molecule has 64 valence electrons. The van der Waals surface area contributed by atoms with Crippen LogP contribution in [0.15, 0.2) is 30.3 Å². The van der Waals surface area contributed by atoms with E-state index in [0.29, 0.717) is 6.41 Å². The van der Waals surface area contributed by atoms with Gasteiger partial charge in [0.1, 0.15) is 5.75 Å². The quantitative estimate of drug-likeness (QED) is 0.286. The predicted molar refractivity (Wildman–Crippen MR) is 44.3 cm³/mol. The van der Waals surface area contributed by atoms with E-state index in [1.807, 2.05) is 30.3 Å². The molecule has 0 aromatic heterocycles. The number of hydrogen-bond donors (Lipinski definition) is 2. The Morgan fingerprint density at radius 1 is 1.33 bits per heavy atom. The maximum atomic E-state index is 9.79. The molecule has 1 aromatic rings. The van der Waals surface area contributed by atoms with Crippen LogP contribution in [0.1, 0.15) is 0 Å². The first-order valence-electron chi connectivity index (χ1n) is 3.53. The molecule has 0 spiro atoms. The third kappa shape index (κ3) is 3.03. The van der Waals surface area contributed by atoms with Gasteiger partial charge in [-0.3, -0.25) is 10.2 Å². The molecule has 0 saturated heterocycles. The van der Waals surface area contributed by atoms with Crippen LogP contribution in [0, 0.1) is 0 Å². The van der Waals surface area contributed by atoms with E-state index in [2.05, 4.69) is 10.9 Å². The summed E-state index contributed by atoms with van der Waals surface area (Å²) in [6.07, 6.45) is 0.550. The molecular formula is C8H10N2O2. The Morgan fingerprint density at radius 3 is 2.75 bits per heavy atom. The Balaban J connectivity index is 2.20. The minimum Gasteiger partial charge on any atom is -0.477 e. The Morgan fingerprint density at radius 2 is 2.08 bits per heavy atom. The maximum Gasteiger partial charge on any atom is 0.221 e. The SMILES string of the molecule is O=CNNCOc1ccccc1. The van der Waals surface area contributed by atoms with Crippen LogP contribution in [0.3, 0.4) is 0 Å². The average molecular weight is 166 g/mol. The van der Waals surface area contributed by atoms with Gasteiger partial charge in [0, 0.05) is 0 Å². The number of rotatable bonds is 5. The minimum atomic E-state index is 0.253. The van der Waals surface area contributed by atoms with Gasteiger partial charge in [0.05, 0.1) is 0 Å². The first-order valence-corrected chi connectivity index (χ1v) is 3.53. The van der Waals surface area contributed by atoms with Crippen LogP contribution in [0.25, 0.3) is 0 Å². The molecule has 0 saturated carbocycles. The zero-order valence-electron chi connectivity index (χ0n) is 6.49. The smallest absolute Gasteiger partial charge is 0.221 e. The van der Waals surface area contributed by atoms with E-state index < -0.39 is 0 Å². The molecule has 1 rings (SSSR count). The molecule has 4 heteroatoms. The van der Waals surface area contributed by atoms with Crippen LogP contribution >= 0.6 is 0 Å². The van der Waals surface area contributed by atoms with Crippen molar-refractivity contribution in [1.82, 2.24) is 10.9 Å². The number of para-hydroxylation sites is 1. The zero-order chi connectivity index (χ0) is 8.65. The monoisotopic (exact) mass is 166 g/mol. The van der Waals surface area contributed by atoms with Crippen LogP contribution in [0.2, 0.25) is 0 Å². The lowest BCUT2D eigenvalue weighted by atomic mass is 10.3. The highest BCUT2D eigenvalue weighted by molar-refractivity contribution is 5.44. The third-order valence-electron chi connectivity index (χ3n) is 1.22. The number of benzene rings is 1. The highest BCUT2D eigenvalue weighted by Gasteiger charge is 1.87. The summed E-state index contributed by atoms with van der Waals surface area (Å²) in [7, 11) is 0. The van der Waals surface area contributed by atoms with Crippen molar-refractivity contribution in [3.63, 3.8) is 0 Å². The van der Waals surface area contributed by atoms with Crippen molar-refractivity contribution >= 4 is 6.41 Å². The molecule has 0 atom stereocenters. The third-order valence-corrected chi connectivity index (χ3v) is 1.22. The fourth-order valence-corrected chi connectivity index (χ4v) is 0.719. The topological polar surface area (TPSA) is 50.4 Å². The number of amides is 1. The van der Waals surface area contributed by atoms with Gasteiger partial charge in [0.2, 0.25) is 6.41 Å². The first-order chi connectivity index (χ1) is 5.93. The summed E-state index contributed by atoms with van der Waals surface area (Å²) >= 11 is 0. The van der Waals surface area contributed by atoms with E-state index in [9.17, 15) is 4.79 Å². The van der Waals surface area contributed by atoms with Gasteiger partial charge in [-0.15, -0.1) is 0 Å². The largest absolute Gasteiger partial charge is 0.477 e. The number of ether oxygens (including phenoxy) is 1. The zero-order valence-corrected chi connectivity index (χ0v) is 6.49. The normalized spacial score (nSPS) is 9.00. The van der Waals surface area contributed by atoms with Crippen molar-refractivity contribution in [2.45, 2.75) is 0 Å². The van der Waals surface area contributed by atoms with Gasteiger partial charge in [-0.1, -0.05) is 18.2 Å². The molecule has 0 aliphatic carbocycles. The molecule has 0 radical (unpaired) electrons. The van der Waals surface area contributed by atoms with Crippen LogP contribution in [0.5, 0.6) is 5.75 Å². The van der Waals surface area contributed by atoms with Gasteiger partial charge in [-0.25, -0.2) is 0 Å². The van der Waals surface area contributed by atoms with Gasteiger partial charge >= 0.3 is 0 Å². The summed E-state index contributed by atoms with van der Waals surface area (Å²) in [5, 5.41) is 0. The Labute approximate surface area is 70.5 Å². The van der Waals surface area contributed by atoms with Crippen molar-refractivity contribution in [3.05, 3.63) is 30.3 Å². The van der Waals surface area contributed by atoms with E-state index in [1.165, 1.54) is 0 Å². The average Bonchev–Trinajstić information content (AvgIpc) is 2.14. The summed E-state index contributed by atoms with van der Waals surface area (Å²) in [5.74, 6) is 0.762. The second kappa shape index (κ2) is 5.15. The van der Waals surface area contributed by atoms with Crippen molar-refractivity contribution in [2.24, 2.45) is 0 Å². The summed E-state index contributed by atoms with van der Waals surface area (Å²) < 4.78 is 5.18. The molecule has 0 unspecified atom stereocenters. The highest BCUT2D eigenvalue weighted by Crippen LogP contribution is 2.06. The fraction of sp³-hybridized carbons (Fsp3) is 0.125.